The average molecular weight is 301 g/mol. The van der Waals surface area contributed by atoms with Crippen molar-refractivity contribution in [2.45, 2.75) is 56.8 Å². The summed E-state index contributed by atoms with van der Waals surface area (Å²) < 4.78 is 40.6. The minimum atomic E-state index is -4.64. The molecule has 0 heterocycles. The minimum absolute atomic E-state index is 0.00373. The van der Waals surface area contributed by atoms with Gasteiger partial charge in [-0.25, -0.2) is 0 Å². The van der Waals surface area contributed by atoms with Gasteiger partial charge < -0.3 is 10.1 Å². The summed E-state index contributed by atoms with van der Waals surface area (Å²) in [5.41, 5.74) is 1.10. The number of alkyl halides is 3. The van der Waals surface area contributed by atoms with Crippen molar-refractivity contribution >= 4 is 0 Å². The summed E-state index contributed by atoms with van der Waals surface area (Å²) in [4.78, 5) is 0. The fourth-order valence-electron chi connectivity index (χ4n) is 3.42. The van der Waals surface area contributed by atoms with Crippen LogP contribution in [0.1, 0.15) is 44.6 Å². The largest absolute Gasteiger partial charge is 0.573 e. The summed E-state index contributed by atoms with van der Waals surface area (Å²) in [7, 11) is 1.93. The molecule has 118 valence electrons. The van der Waals surface area contributed by atoms with E-state index in [1.807, 2.05) is 7.05 Å². The van der Waals surface area contributed by atoms with Gasteiger partial charge in [0.05, 0.1) is 0 Å². The van der Waals surface area contributed by atoms with Gasteiger partial charge in [-0.05, 0) is 44.5 Å². The van der Waals surface area contributed by atoms with E-state index in [9.17, 15) is 13.2 Å². The van der Waals surface area contributed by atoms with Crippen molar-refractivity contribution in [2.75, 3.05) is 7.05 Å². The molecule has 0 spiro atoms. The van der Waals surface area contributed by atoms with E-state index >= 15 is 0 Å². The number of benzene rings is 1. The van der Waals surface area contributed by atoms with Gasteiger partial charge in [0.25, 0.3) is 0 Å². The highest BCUT2D eigenvalue weighted by atomic mass is 19.4. The molecule has 0 saturated heterocycles. The fraction of sp³-hybridized carbons (Fsp3) is 0.625. The maximum absolute atomic E-state index is 12.2. The van der Waals surface area contributed by atoms with E-state index in [1.165, 1.54) is 18.6 Å². The molecule has 1 aliphatic carbocycles. The van der Waals surface area contributed by atoms with Gasteiger partial charge in [-0.2, -0.15) is 0 Å². The highest BCUT2D eigenvalue weighted by Crippen LogP contribution is 2.42. The summed E-state index contributed by atoms with van der Waals surface area (Å²) in [5.74, 6) is -0.158. The van der Waals surface area contributed by atoms with Crippen molar-refractivity contribution in [1.29, 1.82) is 0 Å². The van der Waals surface area contributed by atoms with Gasteiger partial charge in [0.15, 0.2) is 0 Å². The molecule has 1 aromatic rings. The molecule has 1 saturated carbocycles. The Hall–Kier alpha value is -1.23. The zero-order valence-electron chi connectivity index (χ0n) is 12.5. The highest BCUT2D eigenvalue weighted by Gasteiger charge is 2.38. The summed E-state index contributed by atoms with van der Waals surface area (Å²) >= 11 is 0. The molecular formula is C16H22F3NO. The smallest absolute Gasteiger partial charge is 0.406 e. The molecule has 0 aromatic heterocycles. The van der Waals surface area contributed by atoms with Crippen LogP contribution in [0.5, 0.6) is 5.75 Å². The molecule has 0 aliphatic heterocycles. The van der Waals surface area contributed by atoms with Crippen LogP contribution in [0.15, 0.2) is 24.3 Å². The van der Waals surface area contributed by atoms with E-state index in [4.69, 9.17) is 0 Å². The van der Waals surface area contributed by atoms with Crippen molar-refractivity contribution in [3.63, 3.8) is 0 Å². The number of hydrogen-bond acceptors (Lipinski definition) is 2. The first-order chi connectivity index (χ1) is 9.87. The van der Waals surface area contributed by atoms with E-state index < -0.39 is 6.36 Å². The number of rotatable bonds is 4. The molecule has 1 N–H and O–H groups in total. The normalized spacial score (nSPS) is 20.0. The molecule has 2 rings (SSSR count). The van der Waals surface area contributed by atoms with Crippen LogP contribution >= 0.6 is 0 Å². The number of likely N-dealkylation sites (N-methyl/N-ethyl adjacent to an activating group) is 1. The third kappa shape index (κ3) is 3.70. The molecule has 0 radical (unpaired) electrons. The maximum atomic E-state index is 12.2. The second-order valence-electron chi connectivity index (χ2n) is 5.80. The van der Waals surface area contributed by atoms with Crippen molar-refractivity contribution in [3.05, 3.63) is 29.8 Å². The van der Waals surface area contributed by atoms with Crippen LogP contribution < -0.4 is 10.1 Å². The molecule has 5 heteroatoms. The zero-order chi connectivity index (χ0) is 15.5. The molecule has 1 atom stereocenters. The topological polar surface area (TPSA) is 21.3 Å². The van der Waals surface area contributed by atoms with Crippen LogP contribution in [-0.2, 0) is 5.41 Å². The average Bonchev–Trinajstić information content (AvgIpc) is 2.46. The van der Waals surface area contributed by atoms with Gasteiger partial charge in [-0.1, -0.05) is 31.4 Å². The first kappa shape index (κ1) is 16.1. The Balaban J connectivity index is 2.25. The lowest BCUT2D eigenvalue weighted by Gasteiger charge is -2.43. The van der Waals surface area contributed by atoms with E-state index in [0.29, 0.717) is 0 Å². The van der Waals surface area contributed by atoms with Gasteiger partial charge in [-0.3, -0.25) is 0 Å². The minimum Gasteiger partial charge on any atom is -0.406 e. The molecule has 1 aromatic carbocycles. The van der Waals surface area contributed by atoms with Gasteiger partial charge in [0.2, 0.25) is 0 Å². The Labute approximate surface area is 123 Å². The quantitative estimate of drug-likeness (QED) is 0.890. The number of ether oxygens (including phenoxy) is 1. The molecule has 1 unspecified atom stereocenters. The molecule has 0 amide bonds. The molecule has 1 aliphatic rings. The van der Waals surface area contributed by atoms with Crippen LogP contribution in [0.4, 0.5) is 13.2 Å². The number of hydrogen-bond donors (Lipinski definition) is 1. The number of nitrogens with one attached hydrogen (secondary N) is 1. The molecule has 2 nitrogen and oxygen atoms in total. The Morgan fingerprint density at radius 3 is 2.14 bits per heavy atom. The maximum Gasteiger partial charge on any atom is 0.573 e. The predicted octanol–water partition coefficient (Wildman–Crippen LogP) is 4.40. The Kier molecular flexibility index (Phi) is 4.81. The molecular weight excluding hydrogens is 279 g/mol. The molecule has 0 bridgehead atoms. The third-order valence-corrected chi connectivity index (χ3v) is 4.67. The Morgan fingerprint density at radius 1 is 1.10 bits per heavy atom. The molecule has 21 heavy (non-hydrogen) atoms. The predicted molar refractivity (Wildman–Crippen MR) is 76.4 cm³/mol. The third-order valence-electron chi connectivity index (χ3n) is 4.67. The zero-order valence-corrected chi connectivity index (χ0v) is 12.5. The van der Waals surface area contributed by atoms with Crippen LogP contribution in [0, 0.1) is 0 Å². The summed E-state index contributed by atoms with van der Waals surface area (Å²) in [6, 6.07) is 6.68. The fourth-order valence-corrected chi connectivity index (χ4v) is 3.42. The van der Waals surface area contributed by atoms with Crippen molar-refractivity contribution in [2.24, 2.45) is 0 Å². The van der Waals surface area contributed by atoms with Crippen molar-refractivity contribution in [3.8, 4) is 5.75 Å². The van der Waals surface area contributed by atoms with Gasteiger partial charge in [0.1, 0.15) is 5.75 Å². The lowest BCUT2D eigenvalue weighted by molar-refractivity contribution is -0.274. The lowest BCUT2D eigenvalue weighted by atomic mass is 9.65. The number of halogens is 3. The standard InChI is InChI=1S/C16H22F3NO/c1-12(20-2)15(10-4-3-5-11-15)13-6-8-14(9-7-13)21-16(17,18)19/h6-9,12,20H,3-5,10-11H2,1-2H3. The lowest BCUT2D eigenvalue weighted by Crippen LogP contribution is -2.46. The summed E-state index contributed by atoms with van der Waals surface area (Å²) in [6.45, 7) is 2.14. The van der Waals surface area contributed by atoms with Gasteiger partial charge in [-0.15, -0.1) is 13.2 Å². The monoisotopic (exact) mass is 301 g/mol. The highest BCUT2D eigenvalue weighted by molar-refractivity contribution is 5.34. The second-order valence-corrected chi connectivity index (χ2v) is 5.80. The van der Waals surface area contributed by atoms with Crippen molar-refractivity contribution < 1.29 is 17.9 Å². The van der Waals surface area contributed by atoms with E-state index in [0.717, 1.165) is 31.2 Å². The van der Waals surface area contributed by atoms with Crippen LogP contribution in [-0.4, -0.2) is 19.5 Å². The van der Waals surface area contributed by atoms with E-state index in [1.54, 1.807) is 12.1 Å². The van der Waals surface area contributed by atoms with Crippen LogP contribution in [0.2, 0.25) is 0 Å². The van der Waals surface area contributed by atoms with E-state index in [-0.39, 0.29) is 17.2 Å². The van der Waals surface area contributed by atoms with E-state index in [2.05, 4.69) is 17.0 Å². The molecule has 1 fully saturated rings. The Morgan fingerprint density at radius 2 is 1.67 bits per heavy atom. The van der Waals surface area contributed by atoms with Gasteiger partial charge in [0, 0.05) is 11.5 Å². The van der Waals surface area contributed by atoms with Crippen molar-refractivity contribution in [1.82, 2.24) is 5.32 Å². The first-order valence-corrected chi connectivity index (χ1v) is 7.41. The Bertz CT molecular complexity index is 450. The summed E-state index contributed by atoms with van der Waals surface area (Å²) in [5, 5.41) is 3.32. The second kappa shape index (κ2) is 6.26. The van der Waals surface area contributed by atoms with Crippen LogP contribution in [0.25, 0.3) is 0 Å². The van der Waals surface area contributed by atoms with Gasteiger partial charge >= 0.3 is 6.36 Å². The SMILES string of the molecule is CNC(C)C1(c2ccc(OC(F)(F)F)cc2)CCCCC1. The first-order valence-electron chi connectivity index (χ1n) is 7.41. The van der Waals surface area contributed by atoms with Crippen LogP contribution in [0.3, 0.4) is 0 Å². The summed E-state index contributed by atoms with van der Waals surface area (Å²) in [6.07, 6.45) is 1.04.